The Bertz CT molecular complexity index is 946. The lowest BCUT2D eigenvalue weighted by Crippen LogP contribution is -2.21. The van der Waals surface area contributed by atoms with Crippen LogP contribution >= 0.6 is 15.9 Å². The number of carboxylic acid groups (broad SMARTS) is 1. The first-order valence-electron chi connectivity index (χ1n) is 7.10. The van der Waals surface area contributed by atoms with Gasteiger partial charge in [0.1, 0.15) is 5.65 Å². The topological polar surface area (TPSA) is 75.4 Å². The van der Waals surface area contributed by atoms with E-state index in [1.165, 1.54) is 11.1 Å². The number of fused-ring (bicyclic) bond motifs is 1. The van der Waals surface area contributed by atoms with E-state index in [0.29, 0.717) is 11.2 Å². The molecule has 0 saturated carbocycles. The number of halogens is 1. The Morgan fingerprint density at radius 2 is 1.88 bits per heavy atom. The number of amides is 1. The third kappa shape index (κ3) is 2.78. The van der Waals surface area contributed by atoms with Gasteiger partial charge in [0, 0.05) is 47.5 Å². The molecule has 0 bridgehead atoms. The van der Waals surface area contributed by atoms with Gasteiger partial charge in [0.05, 0.1) is 0 Å². The van der Waals surface area contributed by atoms with Crippen molar-refractivity contribution in [3.05, 3.63) is 52.8 Å². The zero-order valence-electron chi connectivity index (χ0n) is 13.0. The molecule has 3 aromatic rings. The van der Waals surface area contributed by atoms with E-state index < -0.39 is 6.09 Å². The highest BCUT2D eigenvalue weighted by molar-refractivity contribution is 9.10. The minimum atomic E-state index is -1.10. The summed E-state index contributed by atoms with van der Waals surface area (Å²) in [6.07, 6.45) is 2.00. The Labute approximate surface area is 146 Å². The van der Waals surface area contributed by atoms with E-state index >= 15 is 0 Å². The van der Waals surface area contributed by atoms with E-state index in [9.17, 15) is 14.7 Å². The van der Waals surface area contributed by atoms with Crippen LogP contribution in [-0.4, -0.2) is 45.7 Å². The molecule has 0 aliphatic heterocycles. The molecule has 0 aliphatic rings. The smallest absolute Gasteiger partial charge is 0.417 e. The lowest BCUT2D eigenvalue weighted by Gasteiger charge is -2.10. The Hall–Kier alpha value is -2.67. The SMILES string of the molecule is CN(C)C(=O)c1ccc(-c2cn(C(=O)O)c3ncc(Br)cc23)cc1. The fourth-order valence-electron chi connectivity index (χ4n) is 2.51. The van der Waals surface area contributed by atoms with Gasteiger partial charge in [-0.1, -0.05) is 12.1 Å². The van der Waals surface area contributed by atoms with Gasteiger partial charge in [0.25, 0.3) is 5.91 Å². The fourth-order valence-corrected chi connectivity index (χ4v) is 2.84. The summed E-state index contributed by atoms with van der Waals surface area (Å²) in [4.78, 5) is 29.1. The standard InChI is InChI=1S/C17H14BrN3O3/c1-20(2)16(22)11-5-3-10(4-6-11)14-9-21(17(23)24)15-13(14)7-12(18)8-19-15/h3-9H,1-2H3,(H,23,24). The molecular formula is C17H14BrN3O3. The number of carbonyl (C=O) groups is 2. The van der Waals surface area contributed by atoms with Gasteiger partial charge in [-0.05, 0) is 39.7 Å². The molecule has 0 aliphatic carbocycles. The van der Waals surface area contributed by atoms with Crippen LogP contribution in [0.1, 0.15) is 10.4 Å². The molecule has 1 amide bonds. The van der Waals surface area contributed by atoms with Crippen molar-refractivity contribution in [1.29, 1.82) is 0 Å². The summed E-state index contributed by atoms with van der Waals surface area (Å²) in [5, 5.41) is 10.1. The van der Waals surface area contributed by atoms with Crippen molar-refractivity contribution in [3.8, 4) is 11.1 Å². The second-order valence-corrected chi connectivity index (χ2v) is 6.41. The molecule has 0 radical (unpaired) electrons. The van der Waals surface area contributed by atoms with Gasteiger partial charge in [-0.3, -0.25) is 4.79 Å². The van der Waals surface area contributed by atoms with E-state index in [0.717, 1.165) is 25.6 Å². The number of benzene rings is 1. The zero-order chi connectivity index (χ0) is 17.4. The Morgan fingerprint density at radius 3 is 2.46 bits per heavy atom. The molecule has 0 atom stereocenters. The van der Waals surface area contributed by atoms with E-state index in [1.807, 2.05) is 6.07 Å². The third-order valence-corrected chi connectivity index (χ3v) is 4.10. The predicted octanol–water partition coefficient (Wildman–Crippen LogP) is 3.69. The predicted molar refractivity (Wildman–Crippen MR) is 94.3 cm³/mol. The summed E-state index contributed by atoms with van der Waals surface area (Å²) in [6.45, 7) is 0. The molecule has 2 aromatic heterocycles. The molecule has 0 fully saturated rings. The average Bonchev–Trinajstić information content (AvgIpc) is 2.93. The zero-order valence-corrected chi connectivity index (χ0v) is 14.6. The molecule has 0 unspecified atom stereocenters. The lowest BCUT2D eigenvalue weighted by atomic mass is 10.0. The van der Waals surface area contributed by atoms with Crippen LogP contribution in [0.4, 0.5) is 4.79 Å². The number of carbonyl (C=O) groups excluding carboxylic acids is 1. The van der Waals surface area contributed by atoms with Crippen LogP contribution in [0.25, 0.3) is 22.2 Å². The molecule has 6 nitrogen and oxygen atoms in total. The van der Waals surface area contributed by atoms with Gasteiger partial charge in [-0.15, -0.1) is 0 Å². The molecule has 1 N–H and O–H groups in total. The summed E-state index contributed by atoms with van der Waals surface area (Å²) < 4.78 is 1.86. The van der Waals surface area contributed by atoms with Crippen molar-refractivity contribution < 1.29 is 14.7 Å². The maximum absolute atomic E-state index is 12.0. The van der Waals surface area contributed by atoms with Crippen molar-refractivity contribution >= 4 is 39.0 Å². The van der Waals surface area contributed by atoms with E-state index in [-0.39, 0.29) is 5.91 Å². The molecule has 24 heavy (non-hydrogen) atoms. The van der Waals surface area contributed by atoms with Crippen molar-refractivity contribution in [1.82, 2.24) is 14.5 Å². The van der Waals surface area contributed by atoms with Crippen LogP contribution in [0.5, 0.6) is 0 Å². The number of hydrogen-bond acceptors (Lipinski definition) is 3. The Balaban J connectivity index is 2.14. The third-order valence-electron chi connectivity index (χ3n) is 3.66. The summed E-state index contributed by atoms with van der Waals surface area (Å²) in [7, 11) is 3.39. The first kappa shape index (κ1) is 16.2. The molecule has 7 heteroatoms. The molecule has 122 valence electrons. The highest BCUT2D eigenvalue weighted by Crippen LogP contribution is 2.31. The highest BCUT2D eigenvalue weighted by Gasteiger charge is 2.16. The Morgan fingerprint density at radius 1 is 1.21 bits per heavy atom. The quantitative estimate of drug-likeness (QED) is 0.727. The number of nitrogens with zero attached hydrogens (tertiary/aromatic N) is 3. The molecule has 3 rings (SSSR count). The molecule has 0 spiro atoms. The van der Waals surface area contributed by atoms with Crippen molar-refractivity contribution in [2.24, 2.45) is 0 Å². The minimum Gasteiger partial charge on any atom is -0.464 e. The van der Waals surface area contributed by atoms with Gasteiger partial charge in [-0.25, -0.2) is 14.3 Å². The summed E-state index contributed by atoms with van der Waals surface area (Å²) in [5.74, 6) is -0.0843. The first-order valence-corrected chi connectivity index (χ1v) is 7.90. The van der Waals surface area contributed by atoms with Crippen LogP contribution in [0.3, 0.4) is 0 Å². The summed E-state index contributed by atoms with van der Waals surface area (Å²) in [5.41, 5.74) is 2.50. The summed E-state index contributed by atoms with van der Waals surface area (Å²) in [6, 6.07) is 8.90. The van der Waals surface area contributed by atoms with Crippen LogP contribution in [0.2, 0.25) is 0 Å². The molecule has 2 heterocycles. The number of aromatic nitrogens is 2. The number of hydrogen-bond donors (Lipinski definition) is 1. The molecule has 1 aromatic carbocycles. The molecule has 0 saturated heterocycles. The van der Waals surface area contributed by atoms with Gasteiger partial charge in [-0.2, -0.15) is 0 Å². The number of rotatable bonds is 2. The average molecular weight is 388 g/mol. The number of pyridine rings is 1. The second-order valence-electron chi connectivity index (χ2n) is 5.50. The van der Waals surface area contributed by atoms with Crippen LogP contribution in [0, 0.1) is 0 Å². The second kappa shape index (κ2) is 6.09. The van der Waals surface area contributed by atoms with E-state index in [1.54, 1.807) is 44.6 Å². The van der Waals surface area contributed by atoms with E-state index in [2.05, 4.69) is 20.9 Å². The van der Waals surface area contributed by atoms with Gasteiger partial charge < -0.3 is 10.0 Å². The van der Waals surface area contributed by atoms with Gasteiger partial charge >= 0.3 is 6.09 Å². The highest BCUT2D eigenvalue weighted by atomic mass is 79.9. The van der Waals surface area contributed by atoms with Gasteiger partial charge in [0.2, 0.25) is 0 Å². The fraction of sp³-hybridized carbons (Fsp3) is 0.118. The largest absolute Gasteiger partial charge is 0.464 e. The van der Waals surface area contributed by atoms with Crippen molar-refractivity contribution in [3.63, 3.8) is 0 Å². The van der Waals surface area contributed by atoms with E-state index in [4.69, 9.17) is 0 Å². The summed E-state index contributed by atoms with van der Waals surface area (Å²) >= 11 is 3.36. The maximum atomic E-state index is 12.0. The van der Waals surface area contributed by atoms with Crippen LogP contribution in [-0.2, 0) is 0 Å². The van der Waals surface area contributed by atoms with Gasteiger partial charge in [0.15, 0.2) is 0 Å². The Kier molecular flexibility index (Phi) is 4.11. The minimum absolute atomic E-state index is 0.0843. The maximum Gasteiger partial charge on any atom is 0.417 e. The first-order chi connectivity index (χ1) is 11.4. The van der Waals surface area contributed by atoms with Crippen molar-refractivity contribution in [2.45, 2.75) is 0 Å². The lowest BCUT2D eigenvalue weighted by molar-refractivity contribution is 0.0827. The molecular weight excluding hydrogens is 374 g/mol. The van der Waals surface area contributed by atoms with Crippen molar-refractivity contribution in [2.75, 3.05) is 14.1 Å². The van der Waals surface area contributed by atoms with Crippen LogP contribution < -0.4 is 0 Å². The van der Waals surface area contributed by atoms with Crippen LogP contribution in [0.15, 0.2) is 47.2 Å². The normalized spacial score (nSPS) is 10.8. The monoisotopic (exact) mass is 387 g/mol.